The number of fused-ring (bicyclic) bond motifs is 1. The molecule has 0 spiro atoms. The van der Waals surface area contributed by atoms with Crippen molar-refractivity contribution in [3.8, 4) is 9.88 Å². The number of nitrogens with zero attached hydrogens (tertiary/aromatic N) is 1. The first-order chi connectivity index (χ1) is 9.81. The molecular formula is C14H15NO2S3. The Morgan fingerprint density at radius 2 is 2.30 bits per heavy atom. The number of hydrogen-bond donors (Lipinski definition) is 1. The van der Waals surface area contributed by atoms with Crippen LogP contribution in [0.5, 0.6) is 0 Å². The van der Waals surface area contributed by atoms with Gasteiger partial charge in [-0.25, -0.2) is 4.98 Å². The fourth-order valence-electron chi connectivity index (χ4n) is 2.35. The number of thiophene rings is 1. The van der Waals surface area contributed by atoms with E-state index < -0.39 is 0 Å². The molecule has 0 aromatic carbocycles. The van der Waals surface area contributed by atoms with Gasteiger partial charge in [-0.3, -0.25) is 4.79 Å². The Bertz CT molecular complexity index is 604. The number of hydrogen-bond acceptors (Lipinski definition) is 6. The van der Waals surface area contributed by atoms with Crippen LogP contribution in [0.15, 0.2) is 15.8 Å². The third kappa shape index (κ3) is 2.70. The molecule has 1 N–H and O–H groups in total. The molecule has 2 aromatic rings. The number of Topliss-reactive ketones (excluding diaryl/α,β-unsaturated/α-hetero) is 1. The molecule has 0 fully saturated rings. The van der Waals surface area contributed by atoms with Gasteiger partial charge in [-0.05, 0) is 24.8 Å². The van der Waals surface area contributed by atoms with E-state index in [1.165, 1.54) is 10.4 Å². The molecule has 0 saturated carbocycles. The van der Waals surface area contributed by atoms with Gasteiger partial charge in [0.1, 0.15) is 5.01 Å². The summed E-state index contributed by atoms with van der Waals surface area (Å²) < 4.78 is 1.11. The predicted molar refractivity (Wildman–Crippen MR) is 85.1 cm³/mol. The predicted octanol–water partition coefficient (Wildman–Crippen LogP) is 3.87. The maximum Gasteiger partial charge on any atom is 0.165 e. The zero-order valence-corrected chi connectivity index (χ0v) is 13.4. The normalized spacial score (nSPS) is 14.6. The average Bonchev–Trinajstić information content (AvgIpc) is 3.07. The van der Waals surface area contributed by atoms with E-state index in [1.807, 2.05) is 11.6 Å². The highest BCUT2D eigenvalue weighted by Crippen LogP contribution is 2.45. The molecule has 0 aliphatic heterocycles. The second kappa shape index (κ2) is 6.39. The fraction of sp³-hybridized carbons (Fsp3) is 0.429. The van der Waals surface area contributed by atoms with Crippen molar-refractivity contribution in [1.82, 2.24) is 4.98 Å². The second-order valence-corrected chi connectivity index (χ2v) is 7.89. The molecule has 20 heavy (non-hydrogen) atoms. The molecule has 1 aliphatic carbocycles. The highest BCUT2D eigenvalue weighted by Gasteiger charge is 2.28. The van der Waals surface area contributed by atoms with E-state index in [0.29, 0.717) is 6.42 Å². The van der Waals surface area contributed by atoms with Gasteiger partial charge in [0, 0.05) is 35.9 Å². The van der Waals surface area contributed by atoms with E-state index in [4.69, 9.17) is 5.11 Å². The Balaban J connectivity index is 1.99. The number of thiazole rings is 1. The molecule has 0 atom stereocenters. The molecule has 0 unspecified atom stereocenters. The van der Waals surface area contributed by atoms with Gasteiger partial charge in [0.2, 0.25) is 0 Å². The molecule has 1 aliphatic rings. The van der Waals surface area contributed by atoms with Gasteiger partial charge in [-0.1, -0.05) is 0 Å². The molecule has 0 amide bonds. The number of aliphatic hydroxyl groups is 1. The van der Waals surface area contributed by atoms with E-state index in [2.05, 4.69) is 4.98 Å². The summed E-state index contributed by atoms with van der Waals surface area (Å²) in [6, 6.07) is 0. The summed E-state index contributed by atoms with van der Waals surface area (Å²) in [5.74, 6) is 1.13. The SMILES string of the molecule is O=C1CCCc2c(-c3nccs3)sc(SCCCO)c21. The number of carbonyl (C=O) groups excluding carboxylic acids is 1. The minimum atomic E-state index is 0.202. The van der Waals surface area contributed by atoms with Crippen molar-refractivity contribution < 1.29 is 9.90 Å². The molecule has 0 saturated heterocycles. The maximum atomic E-state index is 12.2. The van der Waals surface area contributed by atoms with Crippen LogP contribution in [0.1, 0.15) is 35.2 Å². The van der Waals surface area contributed by atoms with Gasteiger partial charge in [0.25, 0.3) is 0 Å². The Morgan fingerprint density at radius 3 is 3.05 bits per heavy atom. The van der Waals surface area contributed by atoms with Crippen LogP contribution < -0.4 is 0 Å². The van der Waals surface area contributed by atoms with Crippen LogP contribution >= 0.6 is 34.4 Å². The Kier molecular flexibility index (Phi) is 4.55. The lowest BCUT2D eigenvalue weighted by Gasteiger charge is -2.12. The summed E-state index contributed by atoms with van der Waals surface area (Å²) in [4.78, 5) is 17.8. The Labute approximate surface area is 130 Å². The van der Waals surface area contributed by atoms with Crippen molar-refractivity contribution in [1.29, 1.82) is 0 Å². The quantitative estimate of drug-likeness (QED) is 0.670. The van der Waals surface area contributed by atoms with Gasteiger partial charge >= 0.3 is 0 Å². The lowest BCUT2D eigenvalue weighted by atomic mass is 9.93. The maximum absolute atomic E-state index is 12.2. The van der Waals surface area contributed by atoms with Crippen LogP contribution in [0.25, 0.3) is 9.88 Å². The first-order valence-corrected chi connectivity index (χ1v) is 9.32. The first-order valence-electron chi connectivity index (χ1n) is 6.63. The molecule has 6 heteroatoms. The third-order valence-corrected chi connectivity index (χ3v) is 6.76. The van der Waals surface area contributed by atoms with Gasteiger partial charge in [-0.2, -0.15) is 0 Å². The molecule has 0 radical (unpaired) electrons. The zero-order valence-electron chi connectivity index (χ0n) is 10.9. The smallest absolute Gasteiger partial charge is 0.165 e. The lowest BCUT2D eigenvalue weighted by molar-refractivity contribution is 0.0970. The summed E-state index contributed by atoms with van der Waals surface area (Å²) in [7, 11) is 0. The summed E-state index contributed by atoms with van der Waals surface area (Å²) in [5, 5.41) is 11.9. The molecule has 106 valence electrons. The number of aromatic nitrogens is 1. The Morgan fingerprint density at radius 1 is 1.40 bits per heavy atom. The minimum absolute atomic E-state index is 0.202. The van der Waals surface area contributed by atoms with Crippen LogP contribution in [-0.2, 0) is 6.42 Å². The number of rotatable bonds is 5. The number of thioether (sulfide) groups is 1. The van der Waals surface area contributed by atoms with Crippen molar-refractivity contribution in [2.24, 2.45) is 0 Å². The lowest BCUT2D eigenvalue weighted by Crippen LogP contribution is -2.09. The van der Waals surface area contributed by atoms with Crippen molar-refractivity contribution >= 4 is 40.2 Å². The van der Waals surface area contributed by atoms with E-state index >= 15 is 0 Å². The largest absolute Gasteiger partial charge is 0.396 e. The van der Waals surface area contributed by atoms with Crippen LogP contribution in [0.4, 0.5) is 0 Å². The van der Waals surface area contributed by atoms with Crippen molar-refractivity contribution in [3.63, 3.8) is 0 Å². The van der Waals surface area contributed by atoms with E-state index in [1.54, 1.807) is 34.4 Å². The highest BCUT2D eigenvalue weighted by atomic mass is 32.2. The van der Waals surface area contributed by atoms with Crippen molar-refractivity contribution in [2.45, 2.75) is 29.9 Å². The summed E-state index contributed by atoms with van der Waals surface area (Å²) in [6.07, 6.45) is 5.16. The van der Waals surface area contributed by atoms with E-state index in [9.17, 15) is 4.79 Å². The molecule has 2 heterocycles. The Hall–Kier alpha value is -0.690. The molecular weight excluding hydrogens is 310 g/mol. The molecule has 2 aromatic heterocycles. The van der Waals surface area contributed by atoms with Gasteiger partial charge in [0.15, 0.2) is 5.78 Å². The summed E-state index contributed by atoms with van der Waals surface area (Å²) >= 11 is 5.02. The average molecular weight is 325 g/mol. The molecule has 0 bridgehead atoms. The van der Waals surface area contributed by atoms with Gasteiger partial charge in [0.05, 0.1) is 9.09 Å². The second-order valence-electron chi connectivity index (χ2n) is 4.61. The van der Waals surface area contributed by atoms with Crippen LogP contribution in [0.3, 0.4) is 0 Å². The number of carbonyl (C=O) groups is 1. The summed E-state index contributed by atoms with van der Waals surface area (Å²) in [6.45, 7) is 0.202. The third-order valence-electron chi connectivity index (χ3n) is 3.25. The summed E-state index contributed by atoms with van der Waals surface area (Å²) in [5.41, 5.74) is 2.14. The molecule has 3 rings (SSSR count). The zero-order chi connectivity index (χ0) is 13.9. The highest BCUT2D eigenvalue weighted by molar-refractivity contribution is 8.01. The monoisotopic (exact) mass is 325 g/mol. The molecule has 3 nitrogen and oxygen atoms in total. The van der Waals surface area contributed by atoms with Crippen LogP contribution in [-0.4, -0.2) is 28.2 Å². The first kappa shape index (κ1) is 14.3. The standard InChI is InChI=1S/C14H15NO2S3/c16-6-2-7-19-14-11-9(3-1-4-10(11)17)12(20-14)13-15-5-8-18-13/h5,8,16H,1-4,6-7H2. The van der Waals surface area contributed by atoms with Crippen LogP contribution in [0.2, 0.25) is 0 Å². The fourth-order valence-corrected chi connectivity index (χ4v) is 5.79. The van der Waals surface area contributed by atoms with E-state index in [0.717, 1.165) is 39.8 Å². The number of ketones is 1. The topological polar surface area (TPSA) is 50.2 Å². The number of aliphatic hydroxyl groups excluding tert-OH is 1. The minimum Gasteiger partial charge on any atom is -0.396 e. The van der Waals surface area contributed by atoms with Crippen LogP contribution in [0, 0.1) is 0 Å². The van der Waals surface area contributed by atoms with Crippen molar-refractivity contribution in [3.05, 3.63) is 22.7 Å². The van der Waals surface area contributed by atoms with Crippen molar-refractivity contribution in [2.75, 3.05) is 12.4 Å². The van der Waals surface area contributed by atoms with E-state index in [-0.39, 0.29) is 12.4 Å². The van der Waals surface area contributed by atoms with Gasteiger partial charge < -0.3 is 5.11 Å². The van der Waals surface area contributed by atoms with Gasteiger partial charge in [-0.15, -0.1) is 34.4 Å².